The Morgan fingerprint density at radius 1 is 1.43 bits per heavy atom. The Morgan fingerprint density at radius 3 is 2.14 bits per heavy atom. The number of hydrogen-bond donors (Lipinski definition) is 1. The van der Waals surface area contributed by atoms with Crippen molar-refractivity contribution in [2.24, 2.45) is 5.92 Å². The molecule has 82 valence electrons. The number of rotatable bonds is 6. The highest BCUT2D eigenvalue weighted by Gasteiger charge is 2.43. The van der Waals surface area contributed by atoms with E-state index < -0.39 is 17.4 Å². The molecule has 0 heterocycles. The second-order valence-electron chi connectivity index (χ2n) is 3.75. The van der Waals surface area contributed by atoms with Crippen LogP contribution in [0.1, 0.15) is 34.1 Å². The second kappa shape index (κ2) is 5.10. The summed E-state index contributed by atoms with van der Waals surface area (Å²) in [5.74, 6) is -1.44. The Kier molecular flexibility index (Phi) is 4.77. The van der Waals surface area contributed by atoms with E-state index in [0.29, 0.717) is 0 Å². The highest BCUT2D eigenvalue weighted by molar-refractivity contribution is 6.05. The minimum atomic E-state index is -1.65. The molecular weight excluding hydrogens is 184 g/mol. The first-order valence-electron chi connectivity index (χ1n) is 4.75. The first-order valence-corrected chi connectivity index (χ1v) is 4.75. The normalized spacial score (nSPS) is 15.2. The maximum absolute atomic E-state index is 11.2. The van der Waals surface area contributed by atoms with E-state index in [-0.39, 0.29) is 18.9 Å². The molecule has 1 N–H and O–H groups in total. The molecule has 0 aliphatic rings. The highest BCUT2D eigenvalue weighted by atomic mass is 16.5. The van der Waals surface area contributed by atoms with Gasteiger partial charge in [-0.05, 0) is 19.3 Å². The van der Waals surface area contributed by atoms with Gasteiger partial charge >= 0.3 is 5.97 Å². The topological polar surface area (TPSA) is 63.6 Å². The van der Waals surface area contributed by atoms with Crippen molar-refractivity contribution < 1.29 is 19.4 Å². The Morgan fingerprint density at radius 2 is 1.93 bits per heavy atom. The summed E-state index contributed by atoms with van der Waals surface area (Å²) in [6, 6.07) is 0. The third-order valence-corrected chi connectivity index (χ3v) is 2.08. The molecule has 4 heteroatoms. The van der Waals surface area contributed by atoms with Gasteiger partial charge in [0.2, 0.25) is 5.60 Å². The Bertz CT molecular complexity index is 206. The van der Waals surface area contributed by atoms with Crippen LogP contribution >= 0.6 is 0 Å². The van der Waals surface area contributed by atoms with Crippen LogP contribution in [-0.4, -0.2) is 29.1 Å². The molecule has 0 aromatic heterocycles. The van der Waals surface area contributed by atoms with Crippen LogP contribution < -0.4 is 0 Å². The monoisotopic (exact) mass is 202 g/mol. The number of carbonyl (C=O) groups excluding carboxylic acids is 1. The number of ether oxygens (including phenoxy) is 1. The molecule has 0 aliphatic heterocycles. The van der Waals surface area contributed by atoms with Gasteiger partial charge in [-0.3, -0.25) is 4.79 Å². The number of carboxylic acids is 1. The predicted octanol–water partition coefficient (Wildman–Crippen LogP) is 1.48. The van der Waals surface area contributed by atoms with E-state index in [2.05, 4.69) is 0 Å². The summed E-state index contributed by atoms with van der Waals surface area (Å²) < 4.78 is 5.21. The molecule has 1 atom stereocenters. The molecule has 0 aliphatic carbocycles. The first kappa shape index (κ1) is 13.1. The first-order chi connectivity index (χ1) is 6.36. The molecule has 0 aromatic carbocycles. The number of aliphatic carboxylic acids is 1. The number of carbonyl (C=O) groups is 2. The van der Waals surface area contributed by atoms with Crippen molar-refractivity contribution in [1.29, 1.82) is 0 Å². The quantitative estimate of drug-likeness (QED) is 0.663. The van der Waals surface area contributed by atoms with Crippen LogP contribution in [0.2, 0.25) is 0 Å². The lowest BCUT2D eigenvalue weighted by Crippen LogP contribution is -2.48. The van der Waals surface area contributed by atoms with Crippen molar-refractivity contribution >= 4 is 11.8 Å². The minimum Gasteiger partial charge on any atom is -0.479 e. The van der Waals surface area contributed by atoms with Gasteiger partial charge in [0.15, 0.2) is 5.78 Å². The van der Waals surface area contributed by atoms with Crippen LogP contribution in [0.25, 0.3) is 0 Å². The molecule has 0 fully saturated rings. The molecule has 0 saturated carbocycles. The van der Waals surface area contributed by atoms with Crippen LogP contribution in [0, 0.1) is 5.92 Å². The zero-order valence-electron chi connectivity index (χ0n) is 9.16. The average molecular weight is 202 g/mol. The Balaban J connectivity index is 4.69. The van der Waals surface area contributed by atoms with Gasteiger partial charge in [0.25, 0.3) is 0 Å². The molecule has 0 saturated heterocycles. The summed E-state index contributed by atoms with van der Waals surface area (Å²) in [6.07, 6.45) is 0.157. The Labute approximate surface area is 84.3 Å². The number of hydrogen-bond acceptors (Lipinski definition) is 3. The van der Waals surface area contributed by atoms with Gasteiger partial charge in [-0.25, -0.2) is 4.79 Å². The molecule has 1 unspecified atom stereocenters. The van der Waals surface area contributed by atoms with Crippen molar-refractivity contribution in [2.75, 3.05) is 6.61 Å². The summed E-state index contributed by atoms with van der Waals surface area (Å²) in [6.45, 7) is 6.97. The van der Waals surface area contributed by atoms with Crippen LogP contribution in [0.15, 0.2) is 0 Å². The molecule has 0 aromatic rings. The van der Waals surface area contributed by atoms with E-state index in [4.69, 9.17) is 9.84 Å². The summed E-state index contributed by atoms with van der Waals surface area (Å²) in [4.78, 5) is 22.2. The fraction of sp³-hybridized carbons (Fsp3) is 0.800. The van der Waals surface area contributed by atoms with E-state index in [1.54, 1.807) is 6.92 Å². The van der Waals surface area contributed by atoms with Crippen molar-refractivity contribution in [3.8, 4) is 0 Å². The van der Waals surface area contributed by atoms with Crippen molar-refractivity contribution in [3.05, 3.63) is 0 Å². The maximum Gasteiger partial charge on any atom is 0.343 e. The zero-order valence-corrected chi connectivity index (χ0v) is 9.16. The van der Waals surface area contributed by atoms with Crippen LogP contribution in [-0.2, 0) is 14.3 Å². The number of Topliss-reactive ketones (excluding diaryl/α,β-unsaturated/α-hetero) is 1. The molecule has 14 heavy (non-hydrogen) atoms. The summed E-state index contributed by atoms with van der Waals surface area (Å²) in [5.41, 5.74) is -1.65. The fourth-order valence-electron chi connectivity index (χ4n) is 1.13. The van der Waals surface area contributed by atoms with Crippen LogP contribution in [0.4, 0.5) is 0 Å². The van der Waals surface area contributed by atoms with Crippen LogP contribution in [0.5, 0.6) is 0 Å². The standard InChI is InChI=1S/C10H18O4/c1-5-10(8(4)11,9(12)13)14-6-7(2)3/h7H,5-6H2,1-4H3,(H,12,13). The molecule has 0 radical (unpaired) electrons. The largest absolute Gasteiger partial charge is 0.479 e. The number of carboxylic acid groups (broad SMARTS) is 1. The lowest BCUT2D eigenvalue weighted by Gasteiger charge is -2.26. The average Bonchev–Trinajstić information content (AvgIpc) is 2.04. The van der Waals surface area contributed by atoms with Gasteiger partial charge in [0.05, 0.1) is 6.61 Å². The molecular formula is C10H18O4. The zero-order chi connectivity index (χ0) is 11.4. The van der Waals surface area contributed by atoms with Gasteiger partial charge in [-0.15, -0.1) is 0 Å². The maximum atomic E-state index is 11.2. The smallest absolute Gasteiger partial charge is 0.343 e. The highest BCUT2D eigenvalue weighted by Crippen LogP contribution is 2.19. The van der Waals surface area contributed by atoms with Gasteiger partial charge in [0, 0.05) is 0 Å². The van der Waals surface area contributed by atoms with Crippen molar-refractivity contribution in [3.63, 3.8) is 0 Å². The second-order valence-corrected chi connectivity index (χ2v) is 3.75. The molecule has 0 amide bonds. The van der Waals surface area contributed by atoms with E-state index in [9.17, 15) is 9.59 Å². The predicted molar refractivity (Wildman–Crippen MR) is 52.1 cm³/mol. The van der Waals surface area contributed by atoms with Gasteiger partial charge in [-0.2, -0.15) is 0 Å². The van der Waals surface area contributed by atoms with Gasteiger partial charge < -0.3 is 9.84 Å². The van der Waals surface area contributed by atoms with E-state index in [1.807, 2.05) is 13.8 Å². The molecule has 0 bridgehead atoms. The van der Waals surface area contributed by atoms with E-state index in [1.165, 1.54) is 6.92 Å². The Hall–Kier alpha value is -0.900. The molecule has 0 spiro atoms. The minimum absolute atomic E-state index is 0.157. The summed E-state index contributed by atoms with van der Waals surface area (Å²) >= 11 is 0. The van der Waals surface area contributed by atoms with E-state index >= 15 is 0 Å². The van der Waals surface area contributed by atoms with Gasteiger partial charge in [0.1, 0.15) is 0 Å². The fourth-order valence-corrected chi connectivity index (χ4v) is 1.13. The van der Waals surface area contributed by atoms with Crippen LogP contribution in [0.3, 0.4) is 0 Å². The third-order valence-electron chi connectivity index (χ3n) is 2.08. The van der Waals surface area contributed by atoms with Crippen molar-refractivity contribution in [1.82, 2.24) is 0 Å². The molecule has 4 nitrogen and oxygen atoms in total. The van der Waals surface area contributed by atoms with Gasteiger partial charge in [-0.1, -0.05) is 20.8 Å². The summed E-state index contributed by atoms with van der Waals surface area (Å²) in [7, 11) is 0. The summed E-state index contributed by atoms with van der Waals surface area (Å²) in [5, 5.41) is 8.96. The van der Waals surface area contributed by atoms with E-state index in [0.717, 1.165) is 0 Å². The molecule has 0 rings (SSSR count). The number of ketones is 1. The third kappa shape index (κ3) is 2.80. The lowest BCUT2D eigenvalue weighted by molar-refractivity contribution is -0.173. The van der Waals surface area contributed by atoms with Crippen molar-refractivity contribution in [2.45, 2.75) is 39.7 Å². The lowest BCUT2D eigenvalue weighted by atomic mass is 9.96. The SMILES string of the molecule is CCC(OCC(C)C)(C(C)=O)C(=O)O.